The fourth-order valence-electron chi connectivity index (χ4n) is 5.39. The first kappa shape index (κ1) is 26.4. The maximum absolute atomic E-state index is 6.50. The zero-order valence-corrected chi connectivity index (χ0v) is 24.2. The fraction of sp³-hybridized carbons (Fsp3) is 0.182. The molecule has 0 aliphatic carbocycles. The molecule has 0 fully saturated rings. The van der Waals surface area contributed by atoms with Crippen LogP contribution in [-0.2, 0) is 11.4 Å². The van der Waals surface area contributed by atoms with Crippen LogP contribution in [-0.4, -0.2) is 42.2 Å². The van der Waals surface area contributed by atoms with Crippen LogP contribution < -0.4 is 9.47 Å². The van der Waals surface area contributed by atoms with Gasteiger partial charge in [0.25, 0.3) is 0 Å². The van der Waals surface area contributed by atoms with Gasteiger partial charge in [0.05, 0.1) is 41.2 Å². The third-order valence-electron chi connectivity index (χ3n) is 7.58. The van der Waals surface area contributed by atoms with Crippen LogP contribution in [0.3, 0.4) is 0 Å². The molecular formula is C33H29N7O3. The van der Waals surface area contributed by atoms with Crippen molar-refractivity contribution < 1.29 is 14.3 Å². The van der Waals surface area contributed by atoms with E-state index in [0.29, 0.717) is 23.2 Å². The Labute approximate surface area is 248 Å². The van der Waals surface area contributed by atoms with E-state index in [1.54, 1.807) is 18.0 Å². The van der Waals surface area contributed by atoms with Gasteiger partial charge in [-0.3, -0.25) is 0 Å². The summed E-state index contributed by atoms with van der Waals surface area (Å²) in [6.45, 7) is 6.06. The van der Waals surface area contributed by atoms with Crippen molar-refractivity contribution in [2.45, 2.75) is 33.3 Å². The lowest BCUT2D eigenvalue weighted by molar-refractivity contribution is 0.125. The monoisotopic (exact) mass is 571 g/mol. The first-order valence-electron chi connectivity index (χ1n) is 13.9. The fourth-order valence-corrected chi connectivity index (χ4v) is 5.39. The highest BCUT2D eigenvalue weighted by Crippen LogP contribution is 2.49. The molecule has 7 rings (SSSR count). The van der Waals surface area contributed by atoms with Crippen molar-refractivity contribution in [3.05, 3.63) is 125 Å². The van der Waals surface area contributed by atoms with Crippen molar-refractivity contribution in [2.24, 2.45) is 5.16 Å². The molecule has 3 aromatic heterocycles. The number of fused-ring (bicyclic) bond motifs is 4. The third-order valence-corrected chi connectivity index (χ3v) is 7.58. The Bertz CT molecular complexity index is 1960. The molecule has 0 N–H and O–H groups in total. The number of nitrogens with zero attached hydrogens (tertiary/aromatic N) is 7. The summed E-state index contributed by atoms with van der Waals surface area (Å²) in [5.74, 6) is 2.06. The van der Waals surface area contributed by atoms with E-state index in [1.807, 2.05) is 97.4 Å². The largest absolute Gasteiger partial charge is 0.497 e. The number of benzene rings is 3. The van der Waals surface area contributed by atoms with Gasteiger partial charge in [0, 0.05) is 0 Å². The molecule has 214 valence electrons. The van der Waals surface area contributed by atoms with Gasteiger partial charge in [0.15, 0.2) is 18.1 Å². The van der Waals surface area contributed by atoms with Crippen molar-refractivity contribution in [2.75, 3.05) is 7.11 Å². The molecule has 1 aliphatic heterocycles. The number of ether oxygens (including phenoxy) is 2. The summed E-state index contributed by atoms with van der Waals surface area (Å²) in [5, 5.41) is 13.8. The minimum atomic E-state index is -0.266. The topological polar surface area (TPSA) is 101 Å². The Kier molecular flexibility index (Phi) is 6.58. The number of methoxy groups -OCH3 is 1. The van der Waals surface area contributed by atoms with Crippen molar-refractivity contribution in [1.29, 1.82) is 0 Å². The van der Waals surface area contributed by atoms with Crippen LogP contribution >= 0.6 is 0 Å². The van der Waals surface area contributed by atoms with Gasteiger partial charge in [-0.25, -0.2) is 19.2 Å². The van der Waals surface area contributed by atoms with Crippen molar-refractivity contribution in [3.8, 4) is 23.2 Å². The zero-order valence-electron chi connectivity index (χ0n) is 24.2. The van der Waals surface area contributed by atoms with Gasteiger partial charge in [0.2, 0.25) is 11.8 Å². The molecule has 0 amide bonds. The van der Waals surface area contributed by atoms with E-state index in [2.05, 4.69) is 22.2 Å². The molecular weight excluding hydrogens is 542 g/mol. The van der Waals surface area contributed by atoms with Crippen LogP contribution in [0.25, 0.3) is 11.3 Å². The lowest BCUT2D eigenvalue weighted by Gasteiger charge is -2.26. The number of hydrogen-bond donors (Lipinski definition) is 0. The van der Waals surface area contributed by atoms with Gasteiger partial charge in [-0.2, -0.15) is 5.10 Å². The first-order valence-corrected chi connectivity index (χ1v) is 13.9. The van der Waals surface area contributed by atoms with Gasteiger partial charge in [0.1, 0.15) is 12.1 Å². The van der Waals surface area contributed by atoms with E-state index < -0.39 is 0 Å². The van der Waals surface area contributed by atoms with Crippen LogP contribution in [0, 0.1) is 13.8 Å². The molecule has 0 saturated carbocycles. The van der Waals surface area contributed by atoms with E-state index in [0.717, 1.165) is 45.1 Å². The van der Waals surface area contributed by atoms with E-state index >= 15 is 0 Å². The van der Waals surface area contributed by atoms with Gasteiger partial charge in [-0.05, 0) is 56.2 Å². The molecule has 10 nitrogen and oxygen atoms in total. The van der Waals surface area contributed by atoms with Crippen molar-refractivity contribution in [3.63, 3.8) is 0 Å². The summed E-state index contributed by atoms with van der Waals surface area (Å²) >= 11 is 0. The van der Waals surface area contributed by atoms with Gasteiger partial charge in [-0.15, -0.1) is 5.10 Å². The third kappa shape index (κ3) is 4.76. The maximum atomic E-state index is 6.50. The summed E-state index contributed by atoms with van der Waals surface area (Å²) in [6.07, 6.45) is 1.61. The molecule has 10 heteroatoms. The zero-order chi connectivity index (χ0) is 29.5. The highest BCUT2D eigenvalue weighted by Gasteiger charge is 2.38. The molecule has 0 spiro atoms. The highest BCUT2D eigenvalue weighted by atomic mass is 16.6. The first-order chi connectivity index (χ1) is 21.0. The second kappa shape index (κ2) is 10.7. The molecule has 0 saturated heterocycles. The molecule has 3 aromatic carbocycles. The summed E-state index contributed by atoms with van der Waals surface area (Å²) in [4.78, 5) is 15.2. The second-order valence-electron chi connectivity index (χ2n) is 10.4. The van der Waals surface area contributed by atoms with Gasteiger partial charge in [-0.1, -0.05) is 65.3 Å². The number of aromatic nitrogens is 6. The van der Waals surface area contributed by atoms with Crippen LogP contribution in [0.15, 0.2) is 90.3 Å². The average molecular weight is 572 g/mol. The lowest BCUT2D eigenvalue weighted by Crippen LogP contribution is -2.16. The Balaban J connectivity index is 1.30. The van der Waals surface area contributed by atoms with Crippen LogP contribution in [0.5, 0.6) is 17.5 Å². The van der Waals surface area contributed by atoms with Crippen LogP contribution in [0.2, 0.25) is 0 Å². The predicted molar refractivity (Wildman–Crippen MR) is 161 cm³/mol. The normalized spacial score (nSPS) is 14.2. The summed E-state index contributed by atoms with van der Waals surface area (Å²) in [6, 6.07) is 26.1. The molecule has 1 atom stereocenters. The average Bonchev–Trinajstić information content (AvgIpc) is 3.61. The van der Waals surface area contributed by atoms with E-state index in [-0.39, 0.29) is 12.5 Å². The maximum Gasteiger partial charge on any atom is 0.230 e. The molecule has 0 bridgehead atoms. The Morgan fingerprint density at radius 1 is 0.930 bits per heavy atom. The van der Waals surface area contributed by atoms with E-state index in [4.69, 9.17) is 24.4 Å². The number of aryl methyl sites for hydroxylation is 2. The minimum Gasteiger partial charge on any atom is -0.497 e. The van der Waals surface area contributed by atoms with Crippen molar-refractivity contribution in [1.82, 2.24) is 29.4 Å². The van der Waals surface area contributed by atoms with Crippen molar-refractivity contribution >= 4 is 11.4 Å². The molecule has 0 radical (unpaired) electrons. The number of oxime groups is 1. The smallest absolute Gasteiger partial charge is 0.230 e. The number of hydrogen-bond acceptors (Lipinski definition) is 8. The molecule has 43 heavy (non-hydrogen) atoms. The summed E-state index contributed by atoms with van der Waals surface area (Å²) in [7, 11) is 1.66. The van der Waals surface area contributed by atoms with Gasteiger partial charge < -0.3 is 14.3 Å². The quantitative estimate of drug-likeness (QED) is 0.167. The molecule has 4 heterocycles. The van der Waals surface area contributed by atoms with Gasteiger partial charge >= 0.3 is 0 Å². The predicted octanol–water partition coefficient (Wildman–Crippen LogP) is 6.16. The number of rotatable bonds is 7. The number of para-hydroxylation sites is 1. The van der Waals surface area contributed by atoms with E-state index in [1.165, 1.54) is 5.56 Å². The Morgan fingerprint density at radius 3 is 2.44 bits per heavy atom. The second-order valence-corrected chi connectivity index (χ2v) is 10.4. The molecule has 6 aromatic rings. The van der Waals surface area contributed by atoms with E-state index in [9.17, 15) is 0 Å². The standard InChI is InChI=1S/C33H29N7O3/c1-20-10-12-23(13-11-20)21(2)38-42-18-27-35-31-30-29(24-14-16-26(41-4)17-15-24)28-22(3)36-40(25-8-6-5-7-9-25)33(28)43-32(30)34-19-39(31)37-27/h5-17,19,29H,18H2,1-4H3. The SMILES string of the molecule is COc1ccc(C2c3c(C)nn(-c4ccccc4)c3Oc3ncn4nc(CON=C(C)c5ccc(C)cc5)nc4c32)cc1. The van der Waals surface area contributed by atoms with Crippen LogP contribution in [0.4, 0.5) is 0 Å². The summed E-state index contributed by atoms with van der Waals surface area (Å²) in [5.41, 5.74) is 8.09. The summed E-state index contributed by atoms with van der Waals surface area (Å²) < 4.78 is 15.4. The Hall–Kier alpha value is -5.51. The van der Waals surface area contributed by atoms with Crippen LogP contribution in [0.1, 0.15) is 52.2 Å². The lowest BCUT2D eigenvalue weighted by atomic mass is 9.84. The highest BCUT2D eigenvalue weighted by molar-refractivity contribution is 5.98. The molecule has 1 aliphatic rings. The minimum absolute atomic E-state index is 0.101. The molecule has 1 unspecified atom stereocenters. The Morgan fingerprint density at radius 2 is 1.70 bits per heavy atom.